The minimum absolute atomic E-state index is 0.128. The zero-order valence-corrected chi connectivity index (χ0v) is 12.5. The van der Waals surface area contributed by atoms with Gasteiger partial charge in [-0.2, -0.15) is 13.2 Å². The molecule has 3 aromatic rings. The summed E-state index contributed by atoms with van der Waals surface area (Å²) in [6.07, 6.45) is -4.37. The Morgan fingerprint density at radius 2 is 1.58 bits per heavy atom. The van der Waals surface area contributed by atoms with Crippen LogP contribution in [-0.4, -0.2) is 10.2 Å². The Balaban J connectivity index is 1.61. The van der Waals surface area contributed by atoms with Crippen LogP contribution in [0.4, 0.5) is 13.2 Å². The van der Waals surface area contributed by atoms with Crippen molar-refractivity contribution >= 4 is 0 Å². The Morgan fingerprint density at radius 3 is 2.25 bits per heavy atom. The SMILES string of the molecule is FC(F)(F)c1ccc(-c2nnc(COCc3ccccc3)o2)cc1. The van der Waals surface area contributed by atoms with Crippen molar-refractivity contribution in [3.63, 3.8) is 0 Å². The molecule has 1 aromatic heterocycles. The van der Waals surface area contributed by atoms with Crippen LogP contribution in [0.5, 0.6) is 0 Å². The predicted octanol–water partition coefficient (Wildman–Crippen LogP) is 4.47. The second kappa shape index (κ2) is 6.84. The Labute approximate surface area is 135 Å². The molecule has 0 aliphatic heterocycles. The molecule has 0 aliphatic carbocycles. The minimum Gasteiger partial charge on any atom is -0.418 e. The molecule has 0 saturated heterocycles. The van der Waals surface area contributed by atoms with Crippen molar-refractivity contribution < 1.29 is 22.3 Å². The minimum atomic E-state index is -4.37. The van der Waals surface area contributed by atoms with E-state index in [0.29, 0.717) is 12.2 Å². The second-order valence-electron chi connectivity index (χ2n) is 5.05. The molecule has 3 rings (SSSR count). The molecular formula is C17H13F3N2O2. The molecule has 0 atom stereocenters. The fraction of sp³-hybridized carbons (Fsp3) is 0.176. The van der Waals surface area contributed by atoms with Gasteiger partial charge in [-0.1, -0.05) is 30.3 Å². The van der Waals surface area contributed by atoms with Gasteiger partial charge in [-0.05, 0) is 29.8 Å². The first-order valence-electron chi connectivity index (χ1n) is 7.14. The van der Waals surface area contributed by atoms with E-state index in [0.717, 1.165) is 17.7 Å². The third kappa shape index (κ3) is 3.99. The van der Waals surface area contributed by atoms with Crippen molar-refractivity contribution in [3.8, 4) is 11.5 Å². The maximum Gasteiger partial charge on any atom is 0.416 e. The van der Waals surface area contributed by atoms with Gasteiger partial charge in [0.15, 0.2) is 0 Å². The van der Waals surface area contributed by atoms with E-state index in [1.54, 1.807) is 0 Å². The van der Waals surface area contributed by atoms with Crippen molar-refractivity contribution in [2.24, 2.45) is 0 Å². The number of hydrogen-bond donors (Lipinski definition) is 0. The van der Waals surface area contributed by atoms with E-state index >= 15 is 0 Å². The molecule has 0 radical (unpaired) electrons. The molecule has 0 N–H and O–H groups in total. The highest BCUT2D eigenvalue weighted by Gasteiger charge is 2.30. The third-order valence-electron chi connectivity index (χ3n) is 3.26. The third-order valence-corrected chi connectivity index (χ3v) is 3.26. The summed E-state index contributed by atoms with van der Waals surface area (Å²) >= 11 is 0. The van der Waals surface area contributed by atoms with Crippen LogP contribution in [0.25, 0.3) is 11.5 Å². The zero-order valence-electron chi connectivity index (χ0n) is 12.5. The average Bonchev–Trinajstić information content (AvgIpc) is 3.04. The summed E-state index contributed by atoms with van der Waals surface area (Å²) in [5.41, 5.74) is 0.710. The van der Waals surface area contributed by atoms with Crippen LogP contribution in [0.1, 0.15) is 17.0 Å². The smallest absolute Gasteiger partial charge is 0.416 e. The number of benzene rings is 2. The molecule has 0 saturated carbocycles. The van der Waals surface area contributed by atoms with Crippen LogP contribution in [0.3, 0.4) is 0 Å². The molecule has 1 heterocycles. The van der Waals surface area contributed by atoms with Gasteiger partial charge < -0.3 is 9.15 Å². The van der Waals surface area contributed by atoms with Gasteiger partial charge in [0.25, 0.3) is 0 Å². The van der Waals surface area contributed by atoms with Gasteiger partial charge in [0.2, 0.25) is 11.8 Å². The number of nitrogens with zero attached hydrogens (tertiary/aromatic N) is 2. The Bertz CT molecular complexity index is 784. The number of ether oxygens (including phenoxy) is 1. The Kier molecular flexibility index (Phi) is 4.61. The van der Waals surface area contributed by atoms with Crippen molar-refractivity contribution in [1.29, 1.82) is 0 Å². The van der Waals surface area contributed by atoms with Gasteiger partial charge in [0.1, 0.15) is 6.61 Å². The van der Waals surface area contributed by atoms with Gasteiger partial charge in [0.05, 0.1) is 12.2 Å². The average molecular weight is 334 g/mol. The van der Waals surface area contributed by atoms with Crippen molar-refractivity contribution in [2.75, 3.05) is 0 Å². The number of halogens is 3. The monoisotopic (exact) mass is 334 g/mol. The van der Waals surface area contributed by atoms with Crippen LogP contribution in [-0.2, 0) is 24.1 Å². The molecule has 0 amide bonds. The number of alkyl halides is 3. The second-order valence-corrected chi connectivity index (χ2v) is 5.05. The fourth-order valence-electron chi connectivity index (χ4n) is 2.06. The van der Waals surface area contributed by atoms with Gasteiger partial charge in [-0.15, -0.1) is 10.2 Å². The first kappa shape index (κ1) is 16.2. The largest absolute Gasteiger partial charge is 0.418 e. The molecule has 4 nitrogen and oxygen atoms in total. The summed E-state index contributed by atoms with van der Waals surface area (Å²) in [5, 5.41) is 7.66. The molecule has 0 fully saturated rings. The molecule has 0 aliphatic rings. The zero-order chi connectivity index (χ0) is 17.0. The molecule has 24 heavy (non-hydrogen) atoms. The lowest BCUT2D eigenvalue weighted by Gasteiger charge is -2.05. The first-order chi connectivity index (χ1) is 11.5. The molecule has 124 valence electrons. The molecule has 0 bridgehead atoms. The van der Waals surface area contributed by atoms with E-state index in [1.165, 1.54) is 12.1 Å². The van der Waals surface area contributed by atoms with Crippen LogP contribution >= 0.6 is 0 Å². The number of rotatable bonds is 5. The van der Waals surface area contributed by atoms with Crippen LogP contribution in [0, 0.1) is 0 Å². The van der Waals surface area contributed by atoms with Crippen LogP contribution in [0.2, 0.25) is 0 Å². The molecular weight excluding hydrogens is 321 g/mol. The summed E-state index contributed by atoms with van der Waals surface area (Å²) in [5.74, 6) is 0.419. The van der Waals surface area contributed by atoms with E-state index in [-0.39, 0.29) is 18.4 Å². The maximum absolute atomic E-state index is 12.5. The van der Waals surface area contributed by atoms with Crippen LogP contribution < -0.4 is 0 Å². The lowest BCUT2D eigenvalue weighted by Crippen LogP contribution is -2.03. The summed E-state index contributed by atoms with van der Waals surface area (Å²) in [7, 11) is 0. The van der Waals surface area contributed by atoms with Gasteiger partial charge in [0, 0.05) is 5.56 Å². The topological polar surface area (TPSA) is 48.2 Å². The van der Waals surface area contributed by atoms with Crippen LogP contribution in [0.15, 0.2) is 59.0 Å². The lowest BCUT2D eigenvalue weighted by molar-refractivity contribution is -0.137. The normalized spacial score (nSPS) is 11.6. The van der Waals surface area contributed by atoms with E-state index in [4.69, 9.17) is 9.15 Å². The van der Waals surface area contributed by atoms with Gasteiger partial charge in [-0.25, -0.2) is 0 Å². The highest BCUT2D eigenvalue weighted by molar-refractivity contribution is 5.53. The van der Waals surface area contributed by atoms with Gasteiger partial charge >= 0.3 is 6.18 Å². The molecule has 7 heteroatoms. The summed E-state index contributed by atoms with van der Waals surface area (Å²) in [4.78, 5) is 0. The summed E-state index contributed by atoms with van der Waals surface area (Å²) in [6.45, 7) is 0.529. The highest BCUT2D eigenvalue weighted by Crippen LogP contribution is 2.30. The van der Waals surface area contributed by atoms with Crippen molar-refractivity contribution in [3.05, 3.63) is 71.6 Å². The number of hydrogen-bond acceptors (Lipinski definition) is 4. The lowest BCUT2D eigenvalue weighted by atomic mass is 10.1. The first-order valence-corrected chi connectivity index (χ1v) is 7.14. The summed E-state index contributed by atoms with van der Waals surface area (Å²) < 4.78 is 48.5. The molecule has 0 spiro atoms. The van der Waals surface area contributed by atoms with Gasteiger partial charge in [-0.3, -0.25) is 0 Å². The van der Waals surface area contributed by atoms with E-state index in [9.17, 15) is 13.2 Å². The fourth-order valence-corrected chi connectivity index (χ4v) is 2.06. The molecule has 0 unspecified atom stereocenters. The van der Waals surface area contributed by atoms with E-state index in [1.807, 2.05) is 30.3 Å². The highest BCUT2D eigenvalue weighted by atomic mass is 19.4. The van der Waals surface area contributed by atoms with Crippen molar-refractivity contribution in [2.45, 2.75) is 19.4 Å². The number of aromatic nitrogens is 2. The quantitative estimate of drug-likeness (QED) is 0.690. The van der Waals surface area contributed by atoms with E-state index < -0.39 is 11.7 Å². The van der Waals surface area contributed by atoms with Crippen molar-refractivity contribution in [1.82, 2.24) is 10.2 Å². The predicted molar refractivity (Wildman–Crippen MR) is 79.7 cm³/mol. The van der Waals surface area contributed by atoms with E-state index in [2.05, 4.69) is 10.2 Å². The Morgan fingerprint density at radius 1 is 0.875 bits per heavy atom. The maximum atomic E-state index is 12.5. The Hall–Kier alpha value is -2.67. The standard InChI is InChI=1S/C17H13F3N2O2/c18-17(19,20)14-8-6-13(7-9-14)16-22-21-15(24-16)11-23-10-12-4-2-1-3-5-12/h1-9H,10-11H2. The molecule has 2 aromatic carbocycles. The summed E-state index contributed by atoms with van der Waals surface area (Å²) in [6, 6.07) is 14.1.